The molecule has 6 nitrogen and oxygen atoms in total. The van der Waals surface area contributed by atoms with Crippen molar-refractivity contribution in [2.24, 2.45) is 0 Å². The van der Waals surface area contributed by atoms with E-state index in [1.54, 1.807) is 0 Å². The van der Waals surface area contributed by atoms with Crippen LogP contribution in [0.1, 0.15) is 0 Å². The first-order chi connectivity index (χ1) is 24.8. The molecule has 11 rings (SSSR count). The van der Waals surface area contributed by atoms with Gasteiger partial charge in [-0.15, -0.1) is 30.3 Å². The number of aromatic nitrogens is 5. The molecule has 51 heavy (non-hydrogen) atoms. The zero-order chi connectivity index (χ0) is 32.8. The van der Waals surface area contributed by atoms with Crippen LogP contribution < -0.4 is 4.74 Å². The van der Waals surface area contributed by atoms with Crippen molar-refractivity contribution < 1.29 is 25.2 Å². The van der Waals surface area contributed by atoms with Gasteiger partial charge in [0.05, 0.1) is 22.2 Å². The summed E-state index contributed by atoms with van der Waals surface area (Å²) in [5.74, 6) is 1.19. The van der Waals surface area contributed by atoms with E-state index in [1.165, 1.54) is 16.3 Å². The Morgan fingerprint density at radius 2 is 1.18 bits per heavy atom. The first kappa shape index (κ1) is 29.6. The van der Waals surface area contributed by atoms with Crippen LogP contribution in [0, 0.1) is 12.1 Å². The quantitative estimate of drug-likeness (QED) is 0.102. The normalized spacial score (nSPS) is 11.8. The van der Waals surface area contributed by atoms with Crippen LogP contribution in [0.2, 0.25) is 0 Å². The van der Waals surface area contributed by atoms with Crippen LogP contribution in [0.15, 0.2) is 152 Å². The summed E-state index contributed by atoms with van der Waals surface area (Å²) in [7, 11) is 0. The predicted molar refractivity (Wildman–Crippen MR) is 201 cm³/mol. The average Bonchev–Trinajstić information content (AvgIpc) is 3.89. The van der Waals surface area contributed by atoms with Gasteiger partial charge in [0.1, 0.15) is 5.65 Å². The Bertz CT molecular complexity index is 3140. The summed E-state index contributed by atoms with van der Waals surface area (Å²) in [5.41, 5.74) is 8.17. The maximum Gasteiger partial charge on any atom is 2.00 e. The molecule has 242 valence electrons. The molecule has 0 unspecified atom stereocenters. The number of imidazole rings is 1. The molecule has 0 saturated heterocycles. The predicted octanol–water partition coefficient (Wildman–Crippen LogP) is 10.6. The van der Waals surface area contributed by atoms with Crippen molar-refractivity contribution in [3.63, 3.8) is 0 Å². The van der Waals surface area contributed by atoms with Crippen molar-refractivity contribution in [2.45, 2.75) is 0 Å². The molecule has 0 fully saturated rings. The second-order valence-corrected chi connectivity index (χ2v) is 12.5. The standard InChI is InChI=1S/C44H25N5O.Pd/c1-2-10-28(11-3-1)48-38-18-7-5-15-34(38)41-39(48)21-22-40-42(41)35-16-9-23-45-44(35)49(40)29-12-8-13-30(26-29)50-31-19-20-32-33-14-4-6-17-37(33)47-25-24-46-43(47)36(32)27-31;/h1-25H;/q-2;+2. The topological polar surface area (TPSA) is 49.3 Å². The monoisotopic (exact) mass is 745 g/mol. The van der Waals surface area contributed by atoms with Crippen LogP contribution in [-0.2, 0) is 20.4 Å². The van der Waals surface area contributed by atoms with E-state index in [4.69, 9.17) is 9.72 Å². The Hall–Kier alpha value is -6.26. The van der Waals surface area contributed by atoms with Gasteiger partial charge in [-0.25, -0.2) is 4.98 Å². The van der Waals surface area contributed by atoms with Crippen molar-refractivity contribution in [2.75, 3.05) is 0 Å². The molecule has 0 aliphatic carbocycles. The summed E-state index contributed by atoms with van der Waals surface area (Å²) in [6.45, 7) is 0. The van der Waals surface area contributed by atoms with Gasteiger partial charge in [-0.3, -0.25) is 4.98 Å². The summed E-state index contributed by atoms with van der Waals surface area (Å²) in [6.07, 6.45) is 5.67. The molecule has 0 aliphatic heterocycles. The van der Waals surface area contributed by atoms with E-state index in [0.29, 0.717) is 11.5 Å². The van der Waals surface area contributed by atoms with Gasteiger partial charge in [-0.05, 0) is 53.9 Å². The van der Waals surface area contributed by atoms with Gasteiger partial charge in [-0.2, -0.15) is 6.07 Å². The third-order valence-corrected chi connectivity index (χ3v) is 9.79. The molecule has 11 aromatic rings. The number of hydrogen-bond acceptors (Lipinski definition) is 3. The van der Waals surface area contributed by atoms with Crippen molar-refractivity contribution >= 4 is 71.1 Å². The van der Waals surface area contributed by atoms with E-state index in [2.05, 4.69) is 140 Å². The molecule has 0 radical (unpaired) electrons. The number of para-hydroxylation sites is 3. The Balaban J connectivity index is 0.00000327. The Labute approximate surface area is 305 Å². The number of nitrogens with zero attached hydrogens (tertiary/aromatic N) is 5. The van der Waals surface area contributed by atoms with E-state index >= 15 is 0 Å². The van der Waals surface area contributed by atoms with Crippen LogP contribution in [0.3, 0.4) is 0 Å². The minimum atomic E-state index is 0. The summed E-state index contributed by atoms with van der Waals surface area (Å²) in [4.78, 5) is 9.59. The Morgan fingerprint density at radius 3 is 2.06 bits per heavy atom. The van der Waals surface area contributed by atoms with Crippen molar-refractivity contribution in [1.29, 1.82) is 0 Å². The third kappa shape index (κ3) is 4.33. The van der Waals surface area contributed by atoms with E-state index in [1.807, 2.05) is 42.9 Å². The second kappa shape index (κ2) is 11.4. The maximum atomic E-state index is 6.48. The van der Waals surface area contributed by atoms with Gasteiger partial charge >= 0.3 is 20.4 Å². The number of benzene rings is 6. The molecule has 7 heteroatoms. The minimum absolute atomic E-state index is 0. The SMILES string of the molecule is [Pd+2].[c-]1c(Oc2[c-]c3c(cc2)c2ccccc2n2ccnc32)cccc1-n1c2ccc3c(c4ccccc4n3-c3ccccc3)c2c2cccnc21. The molecule has 5 aromatic heterocycles. The van der Waals surface area contributed by atoms with Gasteiger partial charge in [0.15, 0.2) is 0 Å². The Kier molecular flexibility index (Phi) is 6.62. The summed E-state index contributed by atoms with van der Waals surface area (Å²) < 4.78 is 13.1. The summed E-state index contributed by atoms with van der Waals surface area (Å²) >= 11 is 0. The molecule has 0 atom stereocenters. The van der Waals surface area contributed by atoms with Crippen LogP contribution in [0.5, 0.6) is 11.5 Å². The molecular formula is C44H25N5OPd. The number of pyridine rings is 2. The number of fused-ring (bicyclic) bond motifs is 13. The molecule has 0 N–H and O–H groups in total. The third-order valence-electron chi connectivity index (χ3n) is 9.79. The van der Waals surface area contributed by atoms with Crippen molar-refractivity contribution in [1.82, 2.24) is 23.5 Å². The van der Waals surface area contributed by atoms with E-state index in [9.17, 15) is 0 Å². The van der Waals surface area contributed by atoms with Crippen LogP contribution in [0.4, 0.5) is 0 Å². The smallest absolute Gasteiger partial charge is 0.503 e. The molecule has 0 bridgehead atoms. The number of ether oxygens (including phenoxy) is 1. The van der Waals surface area contributed by atoms with E-state index < -0.39 is 0 Å². The zero-order valence-corrected chi connectivity index (χ0v) is 28.4. The van der Waals surface area contributed by atoms with Crippen LogP contribution in [0.25, 0.3) is 82.4 Å². The molecule has 5 heterocycles. The average molecular weight is 746 g/mol. The van der Waals surface area contributed by atoms with Gasteiger partial charge in [0.25, 0.3) is 0 Å². The molecule has 0 spiro atoms. The van der Waals surface area contributed by atoms with Gasteiger partial charge in [-0.1, -0.05) is 77.1 Å². The summed E-state index contributed by atoms with van der Waals surface area (Å²) in [5, 5.41) is 7.79. The molecule has 0 amide bonds. The number of rotatable bonds is 4. The molecule has 0 aliphatic rings. The van der Waals surface area contributed by atoms with Crippen molar-refractivity contribution in [3.8, 4) is 22.9 Å². The first-order valence-corrected chi connectivity index (χ1v) is 16.6. The van der Waals surface area contributed by atoms with Crippen LogP contribution in [-0.4, -0.2) is 23.5 Å². The minimum Gasteiger partial charge on any atom is -0.503 e. The first-order valence-electron chi connectivity index (χ1n) is 16.6. The molecule has 6 aromatic carbocycles. The molecule has 0 saturated carbocycles. The molecular weight excluding hydrogens is 721 g/mol. The van der Waals surface area contributed by atoms with E-state index in [-0.39, 0.29) is 20.4 Å². The second-order valence-electron chi connectivity index (χ2n) is 12.5. The number of hydrogen-bond donors (Lipinski definition) is 0. The summed E-state index contributed by atoms with van der Waals surface area (Å²) in [6, 6.07) is 53.3. The van der Waals surface area contributed by atoms with Crippen molar-refractivity contribution in [3.05, 3.63) is 164 Å². The maximum absolute atomic E-state index is 6.48. The van der Waals surface area contributed by atoms with E-state index in [0.717, 1.165) is 66.2 Å². The Morgan fingerprint density at radius 1 is 0.471 bits per heavy atom. The van der Waals surface area contributed by atoms with Gasteiger partial charge < -0.3 is 18.3 Å². The zero-order valence-electron chi connectivity index (χ0n) is 26.9. The van der Waals surface area contributed by atoms with Crippen LogP contribution >= 0.6 is 0 Å². The fourth-order valence-corrected chi connectivity index (χ4v) is 7.77. The fourth-order valence-electron chi connectivity index (χ4n) is 7.77. The largest absolute Gasteiger partial charge is 2.00 e. The van der Waals surface area contributed by atoms with Gasteiger partial charge in [0, 0.05) is 62.8 Å². The van der Waals surface area contributed by atoms with Gasteiger partial charge in [0.2, 0.25) is 0 Å². The fraction of sp³-hybridized carbons (Fsp3) is 0.